The summed E-state index contributed by atoms with van der Waals surface area (Å²) in [6.07, 6.45) is 6.80. The molecule has 24 heavy (non-hydrogen) atoms. The van der Waals surface area contributed by atoms with Gasteiger partial charge in [-0.15, -0.1) is 0 Å². The van der Waals surface area contributed by atoms with Gasteiger partial charge < -0.3 is 14.6 Å². The summed E-state index contributed by atoms with van der Waals surface area (Å²) < 4.78 is 11.1. The lowest BCUT2D eigenvalue weighted by molar-refractivity contribution is -0.151. The topological polar surface area (TPSA) is 59.1 Å². The average Bonchev–Trinajstić information content (AvgIpc) is 3.08. The van der Waals surface area contributed by atoms with E-state index in [1.807, 2.05) is 13.0 Å². The molecule has 0 aromatic heterocycles. The molecule has 4 heteroatoms. The van der Waals surface area contributed by atoms with Crippen LogP contribution in [0, 0.1) is 11.8 Å². The van der Waals surface area contributed by atoms with E-state index in [9.17, 15) is 9.90 Å². The zero-order valence-electron chi connectivity index (χ0n) is 14.9. The van der Waals surface area contributed by atoms with Gasteiger partial charge in [0, 0.05) is 5.92 Å². The summed E-state index contributed by atoms with van der Waals surface area (Å²) in [6.45, 7) is 10.7. The van der Waals surface area contributed by atoms with Crippen molar-refractivity contribution in [1.29, 1.82) is 0 Å². The first-order chi connectivity index (χ1) is 11.3. The van der Waals surface area contributed by atoms with Crippen LogP contribution in [0.1, 0.15) is 46.5 Å². The van der Waals surface area contributed by atoms with Gasteiger partial charge in [0.05, 0.1) is 23.7 Å². The lowest BCUT2D eigenvalue weighted by Crippen LogP contribution is -2.36. The third-order valence-electron chi connectivity index (χ3n) is 5.51. The van der Waals surface area contributed by atoms with Crippen molar-refractivity contribution >= 4 is 5.97 Å². The van der Waals surface area contributed by atoms with E-state index in [1.165, 1.54) is 11.1 Å². The van der Waals surface area contributed by atoms with Gasteiger partial charge in [-0.25, -0.2) is 0 Å². The summed E-state index contributed by atoms with van der Waals surface area (Å²) in [5, 5.41) is 10.1. The smallest absolute Gasteiger partial charge is 0.314 e. The van der Waals surface area contributed by atoms with Crippen molar-refractivity contribution in [2.24, 2.45) is 11.8 Å². The summed E-state index contributed by atoms with van der Waals surface area (Å²) >= 11 is 0. The Balaban J connectivity index is 1.82. The number of hydrogen-bond acceptors (Lipinski definition) is 4. The van der Waals surface area contributed by atoms with E-state index in [-0.39, 0.29) is 29.5 Å². The van der Waals surface area contributed by atoms with E-state index in [1.54, 1.807) is 0 Å². The maximum Gasteiger partial charge on any atom is 0.314 e. The van der Waals surface area contributed by atoms with Crippen LogP contribution in [0.2, 0.25) is 0 Å². The molecule has 0 spiro atoms. The summed E-state index contributed by atoms with van der Waals surface area (Å²) in [7, 11) is 0. The molecule has 2 fully saturated rings. The minimum absolute atomic E-state index is 0.0345. The summed E-state index contributed by atoms with van der Waals surface area (Å²) in [5.74, 6) is -0.418. The molecule has 0 radical (unpaired) electrons. The maximum absolute atomic E-state index is 12.4. The van der Waals surface area contributed by atoms with Crippen molar-refractivity contribution < 1.29 is 19.4 Å². The van der Waals surface area contributed by atoms with Crippen LogP contribution in [-0.4, -0.2) is 35.5 Å². The second-order valence-corrected chi connectivity index (χ2v) is 7.90. The molecule has 2 aliphatic heterocycles. The summed E-state index contributed by atoms with van der Waals surface area (Å²) in [4.78, 5) is 12.4. The Morgan fingerprint density at radius 1 is 1.46 bits per heavy atom. The number of esters is 1. The predicted molar refractivity (Wildman–Crippen MR) is 92.3 cm³/mol. The number of hydrogen-bond donors (Lipinski definition) is 1. The molecule has 3 aliphatic rings. The van der Waals surface area contributed by atoms with Crippen LogP contribution in [0.15, 0.2) is 35.5 Å². The van der Waals surface area contributed by atoms with E-state index in [0.717, 1.165) is 24.8 Å². The predicted octanol–water partition coefficient (Wildman–Crippen LogP) is 3.32. The Bertz CT molecular complexity index is 599. The lowest BCUT2D eigenvalue weighted by Gasteiger charge is -2.34. The monoisotopic (exact) mass is 332 g/mol. The minimum atomic E-state index is -0.570. The van der Waals surface area contributed by atoms with Crippen LogP contribution in [0.4, 0.5) is 0 Å². The van der Waals surface area contributed by atoms with Gasteiger partial charge in [-0.1, -0.05) is 29.9 Å². The van der Waals surface area contributed by atoms with Gasteiger partial charge in [0.2, 0.25) is 0 Å². The first kappa shape index (κ1) is 17.4. The van der Waals surface area contributed by atoms with Crippen molar-refractivity contribution in [2.75, 3.05) is 6.61 Å². The fourth-order valence-corrected chi connectivity index (χ4v) is 3.92. The van der Waals surface area contributed by atoms with Crippen molar-refractivity contribution in [2.45, 2.75) is 64.3 Å². The Kier molecular flexibility index (Phi) is 4.71. The zero-order chi connectivity index (χ0) is 17.5. The van der Waals surface area contributed by atoms with E-state index < -0.39 is 6.10 Å². The second kappa shape index (κ2) is 6.49. The second-order valence-electron chi connectivity index (χ2n) is 7.90. The molecule has 3 rings (SSSR count). The van der Waals surface area contributed by atoms with Crippen LogP contribution in [0.5, 0.6) is 0 Å². The fraction of sp³-hybridized carbons (Fsp3) is 0.650. The fourth-order valence-electron chi connectivity index (χ4n) is 3.92. The van der Waals surface area contributed by atoms with Gasteiger partial charge in [0.1, 0.15) is 6.61 Å². The molecule has 0 aromatic rings. The molecule has 132 valence electrons. The van der Waals surface area contributed by atoms with E-state index in [4.69, 9.17) is 9.47 Å². The number of carbonyl (C=O) groups excluding carboxylic acids is 1. The normalized spacial score (nSPS) is 39.8. The zero-order valence-corrected chi connectivity index (χ0v) is 14.9. The third kappa shape index (κ3) is 3.65. The molecule has 0 aromatic carbocycles. The molecular weight excluding hydrogens is 304 g/mol. The van der Waals surface area contributed by atoms with Gasteiger partial charge >= 0.3 is 5.97 Å². The van der Waals surface area contributed by atoms with Crippen molar-refractivity contribution in [3.63, 3.8) is 0 Å². The Labute approximate surface area is 144 Å². The number of rotatable bonds is 2. The first-order valence-electron chi connectivity index (χ1n) is 8.84. The van der Waals surface area contributed by atoms with Gasteiger partial charge in [-0.2, -0.15) is 0 Å². The van der Waals surface area contributed by atoms with Gasteiger partial charge in [-0.3, -0.25) is 4.79 Å². The lowest BCUT2D eigenvalue weighted by atomic mass is 9.76. The number of carbonyl (C=O) groups is 1. The summed E-state index contributed by atoms with van der Waals surface area (Å²) in [5.41, 5.74) is 3.09. The molecule has 2 heterocycles. The van der Waals surface area contributed by atoms with Crippen LogP contribution >= 0.6 is 0 Å². The molecule has 0 bridgehead atoms. The first-order valence-corrected chi connectivity index (χ1v) is 8.84. The van der Waals surface area contributed by atoms with Crippen LogP contribution in [0.25, 0.3) is 0 Å². The van der Waals surface area contributed by atoms with Crippen molar-refractivity contribution in [3.05, 3.63) is 35.5 Å². The van der Waals surface area contributed by atoms with Crippen molar-refractivity contribution in [3.8, 4) is 0 Å². The number of fused-ring (bicyclic) bond motifs is 1. The van der Waals surface area contributed by atoms with Crippen LogP contribution in [0.3, 0.4) is 0 Å². The molecule has 1 N–H and O–H groups in total. The standard InChI is InChI=1S/C20H28O4/c1-12-5-7-16-14(6-8-17-20(3,4)24-17)11-23-19(22)18(16)13(2)10-15(21)9-12/h6,9,15-18,21H,2,5,7-8,10-11H2,1,3-4H3/b12-9+,14-6-/t15-,16-,17-,18+/m1/s1. The minimum Gasteiger partial charge on any atom is -0.461 e. The number of allylic oxidation sites excluding steroid dienone is 1. The van der Waals surface area contributed by atoms with Crippen LogP contribution in [-0.2, 0) is 14.3 Å². The number of cyclic esters (lactones) is 1. The molecule has 0 saturated carbocycles. The highest BCUT2D eigenvalue weighted by atomic mass is 16.6. The Morgan fingerprint density at radius 3 is 2.83 bits per heavy atom. The van der Waals surface area contributed by atoms with Crippen molar-refractivity contribution in [1.82, 2.24) is 0 Å². The quantitative estimate of drug-likeness (QED) is 0.479. The Hall–Kier alpha value is -1.39. The number of aliphatic hydroxyl groups excluding tert-OH is 1. The van der Waals surface area contributed by atoms with Gasteiger partial charge in [0.15, 0.2) is 0 Å². The average molecular weight is 332 g/mol. The molecule has 4 atom stereocenters. The van der Waals surface area contributed by atoms with Crippen LogP contribution < -0.4 is 0 Å². The molecular formula is C20H28O4. The molecule has 4 nitrogen and oxygen atoms in total. The highest BCUT2D eigenvalue weighted by molar-refractivity contribution is 5.78. The molecule has 0 amide bonds. The maximum atomic E-state index is 12.4. The molecule has 2 saturated heterocycles. The summed E-state index contributed by atoms with van der Waals surface area (Å²) in [6, 6.07) is 0. The highest BCUT2D eigenvalue weighted by Crippen LogP contribution is 2.41. The third-order valence-corrected chi connectivity index (χ3v) is 5.51. The SMILES string of the molecule is C=C1C[C@H](O)/C=C(\C)CC[C@@H]2/C(=C\C[C@H]3OC3(C)C)COC(=O)[C@@H]12. The van der Waals surface area contributed by atoms with Gasteiger partial charge in [0.25, 0.3) is 0 Å². The van der Waals surface area contributed by atoms with E-state index in [0.29, 0.717) is 13.0 Å². The Morgan fingerprint density at radius 2 is 2.17 bits per heavy atom. The van der Waals surface area contributed by atoms with E-state index >= 15 is 0 Å². The molecule has 0 unspecified atom stereocenters. The molecule has 1 aliphatic carbocycles. The number of ether oxygens (including phenoxy) is 2. The number of aliphatic hydroxyl groups is 1. The number of epoxide rings is 1. The largest absolute Gasteiger partial charge is 0.461 e. The van der Waals surface area contributed by atoms with Gasteiger partial charge in [-0.05, 0) is 52.0 Å². The van der Waals surface area contributed by atoms with E-state index in [2.05, 4.69) is 26.5 Å². The highest BCUT2D eigenvalue weighted by Gasteiger charge is 2.47.